The standard InChI is InChI=1S/C88H152NO8P/c1-6-8-10-12-14-16-18-20-22-24-26-28-30-32-34-36-38-40-42-43-44-45-47-49-51-53-55-57-59-61-63-65-67-69-71-73-75-77-79-81-88(91)97-86(85-96-98(92,93)95-83-82-89(3,4)5)84-94-87(90)80-78-76-74-72-70-68-66-64-62-60-58-56-54-52-50-48-46-41-39-37-35-33-31-29-27-25-23-21-19-17-15-13-11-9-7-2/h8,10,14,16,19-22,25-28,32,34,38,40,43-44,47,49,53,55,59,61,86H,6-7,9,11-13,15,17-18,23-24,29-31,33,35-37,39,41-42,45-46,48,50-52,54,56-58,60,62-85H2,1-5H3/p+1/b10-8-,16-14-,21-19-,22-20-,27-25-,28-26-,34-32-,40-38-,44-43-,49-47-,55-53-,61-59-. The van der Waals surface area contributed by atoms with Crippen molar-refractivity contribution in [1.29, 1.82) is 0 Å². The van der Waals surface area contributed by atoms with Crippen molar-refractivity contribution in [2.45, 2.75) is 354 Å². The van der Waals surface area contributed by atoms with Crippen LogP contribution in [0.3, 0.4) is 0 Å². The van der Waals surface area contributed by atoms with Crippen LogP contribution in [0.5, 0.6) is 0 Å². The Morgan fingerprint density at radius 3 is 0.867 bits per heavy atom. The predicted octanol–water partition coefficient (Wildman–Crippen LogP) is 27.3. The first-order valence-corrected chi connectivity index (χ1v) is 42.1. The maximum Gasteiger partial charge on any atom is 0.472 e. The van der Waals surface area contributed by atoms with Crippen molar-refractivity contribution < 1.29 is 42.1 Å². The number of phosphoric acid groups is 1. The molecule has 0 aromatic carbocycles. The summed E-state index contributed by atoms with van der Waals surface area (Å²) < 4.78 is 34.8. The molecule has 10 heteroatoms. The molecule has 0 aliphatic heterocycles. The van der Waals surface area contributed by atoms with E-state index in [1.807, 2.05) is 21.1 Å². The van der Waals surface area contributed by atoms with Gasteiger partial charge >= 0.3 is 19.8 Å². The Balaban J connectivity index is 4.03. The van der Waals surface area contributed by atoms with Crippen molar-refractivity contribution in [2.75, 3.05) is 47.5 Å². The predicted molar refractivity (Wildman–Crippen MR) is 427 cm³/mol. The van der Waals surface area contributed by atoms with Crippen molar-refractivity contribution in [3.05, 3.63) is 146 Å². The van der Waals surface area contributed by atoms with E-state index in [0.717, 1.165) is 116 Å². The van der Waals surface area contributed by atoms with E-state index < -0.39 is 26.5 Å². The lowest BCUT2D eigenvalue weighted by molar-refractivity contribution is -0.870. The van der Waals surface area contributed by atoms with Gasteiger partial charge in [-0.2, -0.15) is 0 Å². The normalized spacial score (nSPS) is 13.8. The number of rotatable bonds is 74. The highest BCUT2D eigenvalue weighted by atomic mass is 31.2. The minimum absolute atomic E-state index is 0.0250. The van der Waals surface area contributed by atoms with E-state index in [0.29, 0.717) is 17.4 Å². The summed E-state index contributed by atoms with van der Waals surface area (Å²) >= 11 is 0. The summed E-state index contributed by atoms with van der Waals surface area (Å²) in [4.78, 5) is 36.0. The highest BCUT2D eigenvalue weighted by molar-refractivity contribution is 7.47. The molecule has 562 valence electrons. The number of quaternary nitrogens is 1. The van der Waals surface area contributed by atoms with E-state index in [9.17, 15) is 19.0 Å². The van der Waals surface area contributed by atoms with Gasteiger partial charge in [-0.25, -0.2) is 4.57 Å². The molecule has 0 saturated carbocycles. The Labute approximate surface area is 605 Å². The molecule has 0 amide bonds. The number of esters is 2. The van der Waals surface area contributed by atoms with Crippen LogP contribution in [0.15, 0.2) is 146 Å². The maximum atomic E-state index is 12.9. The molecule has 98 heavy (non-hydrogen) atoms. The second kappa shape index (κ2) is 77.1. The number of carbonyl (C=O) groups excluding carboxylic acids is 2. The highest BCUT2D eigenvalue weighted by Crippen LogP contribution is 2.43. The average Bonchev–Trinajstić information content (AvgIpc) is 1.23. The summed E-state index contributed by atoms with van der Waals surface area (Å²) in [6, 6.07) is 0. The van der Waals surface area contributed by atoms with E-state index in [2.05, 4.69) is 160 Å². The van der Waals surface area contributed by atoms with Crippen LogP contribution < -0.4 is 0 Å². The molecule has 9 nitrogen and oxygen atoms in total. The molecule has 0 aliphatic rings. The molecule has 0 aromatic heterocycles. The van der Waals surface area contributed by atoms with Crippen LogP contribution in [0.25, 0.3) is 0 Å². The summed E-state index contributed by atoms with van der Waals surface area (Å²) in [5, 5.41) is 0. The number of hydrogen-bond acceptors (Lipinski definition) is 7. The molecule has 0 heterocycles. The van der Waals surface area contributed by atoms with Crippen LogP contribution in [0.1, 0.15) is 348 Å². The molecule has 2 unspecified atom stereocenters. The zero-order valence-corrected chi connectivity index (χ0v) is 65.1. The molecule has 2 atom stereocenters. The Morgan fingerprint density at radius 2 is 0.582 bits per heavy atom. The smallest absolute Gasteiger partial charge is 0.462 e. The molecular formula is C88H153NO8P+. The molecule has 0 fully saturated rings. The first-order chi connectivity index (χ1) is 48.0. The van der Waals surface area contributed by atoms with E-state index in [-0.39, 0.29) is 32.0 Å². The lowest BCUT2D eigenvalue weighted by Gasteiger charge is -2.24. The van der Waals surface area contributed by atoms with Gasteiger partial charge in [0.25, 0.3) is 0 Å². The summed E-state index contributed by atoms with van der Waals surface area (Å²) in [5.41, 5.74) is 0. The van der Waals surface area contributed by atoms with Crippen LogP contribution in [-0.4, -0.2) is 74.9 Å². The van der Waals surface area contributed by atoms with Gasteiger partial charge in [0.1, 0.15) is 19.8 Å². The lowest BCUT2D eigenvalue weighted by atomic mass is 10.0. The van der Waals surface area contributed by atoms with E-state index in [1.165, 1.54) is 199 Å². The van der Waals surface area contributed by atoms with E-state index in [4.69, 9.17) is 18.5 Å². The summed E-state index contributed by atoms with van der Waals surface area (Å²) in [7, 11) is 1.47. The fraction of sp³-hybridized carbons (Fsp3) is 0.705. The van der Waals surface area contributed by atoms with Crippen LogP contribution in [0.2, 0.25) is 0 Å². The molecule has 0 bridgehead atoms. The van der Waals surface area contributed by atoms with Gasteiger partial charge in [0, 0.05) is 12.8 Å². The number of allylic oxidation sites excluding steroid dienone is 24. The van der Waals surface area contributed by atoms with E-state index >= 15 is 0 Å². The van der Waals surface area contributed by atoms with Crippen LogP contribution in [-0.2, 0) is 32.7 Å². The number of carbonyl (C=O) groups is 2. The number of unbranched alkanes of at least 4 members (excludes halogenated alkanes) is 36. The van der Waals surface area contributed by atoms with Crippen LogP contribution >= 0.6 is 7.82 Å². The fourth-order valence-electron chi connectivity index (χ4n) is 11.2. The van der Waals surface area contributed by atoms with Crippen LogP contribution in [0, 0.1) is 0 Å². The number of ether oxygens (including phenoxy) is 2. The topological polar surface area (TPSA) is 108 Å². The summed E-state index contributed by atoms with van der Waals surface area (Å²) in [6.07, 6.45) is 114. The molecule has 0 spiro atoms. The lowest BCUT2D eigenvalue weighted by Crippen LogP contribution is -2.37. The zero-order chi connectivity index (χ0) is 71.1. The highest BCUT2D eigenvalue weighted by Gasteiger charge is 2.27. The molecule has 0 saturated heterocycles. The molecule has 0 rings (SSSR count). The third kappa shape index (κ3) is 80.9. The van der Waals surface area contributed by atoms with Gasteiger partial charge in [0.05, 0.1) is 27.7 Å². The van der Waals surface area contributed by atoms with Gasteiger partial charge in [-0.05, 0) is 122 Å². The fourth-order valence-corrected chi connectivity index (χ4v) is 11.9. The monoisotopic (exact) mass is 1380 g/mol. The number of phosphoric ester groups is 1. The van der Waals surface area contributed by atoms with Crippen molar-refractivity contribution in [3.63, 3.8) is 0 Å². The van der Waals surface area contributed by atoms with Crippen molar-refractivity contribution in [2.24, 2.45) is 0 Å². The maximum absolute atomic E-state index is 12.9. The van der Waals surface area contributed by atoms with Crippen LogP contribution in [0.4, 0.5) is 0 Å². The zero-order valence-electron chi connectivity index (χ0n) is 64.2. The molecule has 0 aromatic rings. The largest absolute Gasteiger partial charge is 0.472 e. The number of hydrogen-bond donors (Lipinski definition) is 1. The first-order valence-electron chi connectivity index (χ1n) is 40.6. The van der Waals surface area contributed by atoms with Gasteiger partial charge in [-0.1, -0.05) is 359 Å². The Bertz CT molecular complexity index is 2170. The number of likely N-dealkylation sites (N-methyl/N-ethyl adjacent to an activating group) is 1. The summed E-state index contributed by atoms with van der Waals surface area (Å²) in [6.45, 7) is 4.33. The SMILES string of the molecule is CC/C=C\C/C=C\C/C=C\C/C=C\C/C=C\C/C=C\C/C=C\C/C=C\C/C=C\C/C=C\CCCCCCCCCCC(=O)OC(COC(=O)CCCCCCCCCCCCCCCCCCCCCCCCC/C=C\C/C=C\CCCCCCC)COP(=O)(O)OCC[N+](C)(C)C. The van der Waals surface area contributed by atoms with Crippen molar-refractivity contribution in [3.8, 4) is 0 Å². The molecule has 1 N–H and O–H groups in total. The molecule has 0 aliphatic carbocycles. The summed E-state index contributed by atoms with van der Waals surface area (Å²) in [5.74, 6) is -0.802. The van der Waals surface area contributed by atoms with Gasteiger partial charge in [-0.3, -0.25) is 18.6 Å². The second-order valence-corrected chi connectivity index (χ2v) is 29.5. The van der Waals surface area contributed by atoms with Gasteiger partial charge in [0.15, 0.2) is 6.10 Å². The van der Waals surface area contributed by atoms with E-state index in [1.54, 1.807) is 0 Å². The molecular weight excluding hydrogens is 1230 g/mol. The second-order valence-electron chi connectivity index (χ2n) is 28.1. The van der Waals surface area contributed by atoms with Gasteiger partial charge in [0.2, 0.25) is 0 Å². The quantitative estimate of drug-likeness (QED) is 0.0211. The minimum atomic E-state index is -4.41. The number of nitrogens with zero attached hydrogens (tertiary/aromatic N) is 1. The molecule has 0 radical (unpaired) electrons. The Morgan fingerprint density at radius 1 is 0.327 bits per heavy atom. The first kappa shape index (κ1) is 93.9. The average molecular weight is 1380 g/mol. The van der Waals surface area contributed by atoms with Crippen molar-refractivity contribution in [1.82, 2.24) is 0 Å². The van der Waals surface area contributed by atoms with Gasteiger partial charge in [-0.15, -0.1) is 0 Å². The minimum Gasteiger partial charge on any atom is -0.462 e. The Hall–Kier alpha value is -4.11. The third-order valence-corrected chi connectivity index (χ3v) is 18.3. The third-order valence-electron chi connectivity index (χ3n) is 17.4. The van der Waals surface area contributed by atoms with Crippen molar-refractivity contribution >= 4 is 19.8 Å². The van der Waals surface area contributed by atoms with Gasteiger partial charge < -0.3 is 18.9 Å². The Kier molecular flexibility index (Phi) is 73.8.